The van der Waals surface area contributed by atoms with E-state index in [1.165, 1.54) is 5.56 Å². The van der Waals surface area contributed by atoms with Crippen LogP contribution in [0.3, 0.4) is 0 Å². The van der Waals surface area contributed by atoms with E-state index in [9.17, 15) is 4.79 Å². The molecule has 1 aliphatic rings. The Bertz CT molecular complexity index is 789. The number of benzene rings is 1. The molecule has 0 saturated heterocycles. The van der Waals surface area contributed by atoms with Gasteiger partial charge in [0.1, 0.15) is 11.6 Å². The van der Waals surface area contributed by atoms with Crippen LogP contribution in [0.5, 0.6) is 5.75 Å². The fraction of sp³-hybridized carbons (Fsp3) is 0.476. The summed E-state index contributed by atoms with van der Waals surface area (Å²) in [6.45, 7) is 8.03. The van der Waals surface area contributed by atoms with Gasteiger partial charge in [0.05, 0.1) is 18.8 Å². The molecule has 0 radical (unpaired) electrons. The molecule has 26 heavy (non-hydrogen) atoms. The summed E-state index contributed by atoms with van der Waals surface area (Å²) in [5.41, 5.74) is 4.49. The molecule has 0 fully saturated rings. The average Bonchev–Trinajstić information content (AvgIpc) is 3.07. The molecule has 0 saturated carbocycles. The third-order valence-corrected chi connectivity index (χ3v) is 4.77. The molecule has 0 N–H and O–H groups in total. The molecule has 1 amide bonds. The van der Waals surface area contributed by atoms with Gasteiger partial charge in [-0.3, -0.25) is 4.79 Å². The number of carbonyl (C=O) groups is 1. The van der Waals surface area contributed by atoms with E-state index in [0.29, 0.717) is 26.1 Å². The zero-order valence-electron chi connectivity index (χ0n) is 15.9. The van der Waals surface area contributed by atoms with Gasteiger partial charge in [0, 0.05) is 31.1 Å². The van der Waals surface area contributed by atoms with E-state index in [-0.39, 0.29) is 5.91 Å². The SMILES string of the molecule is CCOc1ccc(CCCC(=O)N2Cc3cnc(CC)nc3C2)cc1C. The maximum absolute atomic E-state index is 12.5. The van der Waals surface area contributed by atoms with Crippen molar-refractivity contribution in [2.24, 2.45) is 0 Å². The van der Waals surface area contributed by atoms with Gasteiger partial charge in [0.15, 0.2) is 0 Å². The molecule has 138 valence electrons. The number of rotatable bonds is 7. The van der Waals surface area contributed by atoms with Crippen molar-refractivity contribution in [3.05, 3.63) is 52.6 Å². The van der Waals surface area contributed by atoms with Crippen molar-refractivity contribution in [3.63, 3.8) is 0 Å². The maximum Gasteiger partial charge on any atom is 0.223 e. The van der Waals surface area contributed by atoms with Crippen LogP contribution in [0.4, 0.5) is 0 Å². The second kappa shape index (κ2) is 8.30. The van der Waals surface area contributed by atoms with Crippen molar-refractivity contribution in [2.45, 2.75) is 59.5 Å². The fourth-order valence-corrected chi connectivity index (χ4v) is 3.33. The zero-order chi connectivity index (χ0) is 18.5. The molecular formula is C21H27N3O2. The van der Waals surface area contributed by atoms with E-state index in [1.54, 1.807) is 0 Å². The highest BCUT2D eigenvalue weighted by atomic mass is 16.5. The van der Waals surface area contributed by atoms with Gasteiger partial charge in [0.25, 0.3) is 0 Å². The molecule has 1 aliphatic heterocycles. The minimum absolute atomic E-state index is 0.198. The standard InChI is InChI=1S/C21H27N3O2/c1-4-20-22-12-17-13-24(14-18(17)23-20)21(25)8-6-7-16-9-10-19(26-5-2)15(3)11-16/h9-12H,4-8,13-14H2,1-3H3. The van der Waals surface area contributed by atoms with Crippen molar-refractivity contribution < 1.29 is 9.53 Å². The van der Waals surface area contributed by atoms with Crippen LogP contribution in [0, 0.1) is 6.92 Å². The molecule has 3 rings (SSSR count). The Balaban J connectivity index is 1.50. The van der Waals surface area contributed by atoms with Gasteiger partial charge in [-0.15, -0.1) is 0 Å². The molecule has 0 bridgehead atoms. The number of hydrogen-bond acceptors (Lipinski definition) is 4. The Hall–Kier alpha value is -2.43. The van der Waals surface area contributed by atoms with Crippen LogP contribution in [-0.2, 0) is 30.7 Å². The molecule has 1 aromatic heterocycles. The van der Waals surface area contributed by atoms with E-state index in [1.807, 2.05) is 31.0 Å². The Labute approximate surface area is 155 Å². The first-order valence-electron chi connectivity index (χ1n) is 9.44. The normalized spacial score (nSPS) is 13.0. The predicted molar refractivity (Wildman–Crippen MR) is 101 cm³/mol. The van der Waals surface area contributed by atoms with Gasteiger partial charge in [-0.2, -0.15) is 0 Å². The Morgan fingerprint density at radius 1 is 1.27 bits per heavy atom. The van der Waals surface area contributed by atoms with Crippen LogP contribution < -0.4 is 4.74 Å². The predicted octanol–water partition coefficient (Wildman–Crippen LogP) is 3.61. The molecule has 0 aliphatic carbocycles. The zero-order valence-corrected chi connectivity index (χ0v) is 15.9. The molecule has 5 heteroatoms. The highest BCUT2D eigenvalue weighted by Crippen LogP contribution is 2.23. The number of fused-ring (bicyclic) bond motifs is 1. The second-order valence-corrected chi connectivity index (χ2v) is 6.75. The lowest BCUT2D eigenvalue weighted by atomic mass is 10.0. The summed E-state index contributed by atoms with van der Waals surface area (Å²) < 4.78 is 5.58. The highest BCUT2D eigenvalue weighted by molar-refractivity contribution is 5.76. The van der Waals surface area contributed by atoms with Crippen molar-refractivity contribution in [3.8, 4) is 5.75 Å². The monoisotopic (exact) mass is 353 g/mol. The summed E-state index contributed by atoms with van der Waals surface area (Å²) in [6.07, 6.45) is 5.01. The summed E-state index contributed by atoms with van der Waals surface area (Å²) in [7, 11) is 0. The van der Waals surface area contributed by atoms with E-state index in [0.717, 1.165) is 47.7 Å². The van der Waals surface area contributed by atoms with Crippen LogP contribution in [0.15, 0.2) is 24.4 Å². The minimum Gasteiger partial charge on any atom is -0.494 e. The number of hydrogen-bond donors (Lipinski definition) is 0. The second-order valence-electron chi connectivity index (χ2n) is 6.75. The lowest BCUT2D eigenvalue weighted by molar-refractivity contribution is -0.131. The fourth-order valence-electron chi connectivity index (χ4n) is 3.33. The Morgan fingerprint density at radius 2 is 2.12 bits per heavy atom. The third kappa shape index (κ3) is 4.21. The van der Waals surface area contributed by atoms with Gasteiger partial charge in [0.2, 0.25) is 5.91 Å². The number of carbonyl (C=O) groups excluding carboxylic acids is 1. The van der Waals surface area contributed by atoms with Crippen molar-refractivity contribution >= 4 is 5.91 Å². The first-order valence-corrected chi connectivity index (χ1v) is 9.44. The van der Waals surface area contributed by atoms with Gasteiger partial charge in [-0.1, -0.05) is 19.1 Å². The maximum atomic E-state index is 12.5. The van der Waals surface area contributed by atoms with Crippen LogP contribution in [0.1, 0.15) is 54.9 Å². The van der Waals surface area contributed by atoms with E-state index in [2.05, 4.69) is 29.0 Å². The molecule has 2 aromatic rings. The largest absolute Gasteiger partial charge is 0.494 e. The van der Waals surface area contributed by atoms with Gasteiger partial charge in [-0.05, 0) is 43.9 Å². The van der Waals surface area contributed by atoms with E-state index in [4.69, 9.17) is 4.74 Å². The molecule has 0 unspecified atom stereocenters. The minimum atomic E-state index is 0.198. The van der Waals surface area contributed by atoms with Crippen molar-refractivity contribution in [1.82, 2.24) is 14.9 Å². The van der Waals surface area contributed by atoms with Gasteiger partial charge >= 0.3 is 0 Å². The first kappa shape index (κ1) is 18.4. The Morgan fingerprint density at radius 3 is 2.85 bits per heavy atom. The topological polar surface area (TPSA) is 55.3 Å². The number of nitrogens with zero attached hydrogens (tertiary/aromatic N) is 3. The lowest BCUT2D eigenvalue weighted by Gasteiger charge is -2.15. The summed E-state index contributed by atoms with van der Waals surface area (Å²) in [6, 6.07) is 6.27. The molecular weight excluding hydrogens is 326 g/mol. The van der Waals surface area contributed by atoms with Crippen LogP contribution in [0.25, 0.3) is 0 Å². The summed E-state index contributed by atoms with van der Waals surface area (Å²) in [4.78, 5) is 23.3. The molecule has 0 spiro atoms. The van der Waals surface area contributed by atoms with Gasteiger partial charge in [-0.25, -0.2) is 9.97 Å². The Kier molecular flexibility index (Phi) is 5.86. The van der Waals surface area contributed by atoms with Crippen molar-refractivity contribution in [2.75, 3.05) is 6.61 Å². The molecule has 2 heterocycles. The number of ether oxygens (including phenoxy) is 1. The smallest absolute Gasteiger partial charge is 0.223 e. The average molecular weight is 353 g/mol. The van der Waals surface area contributed by atoms with Crippen molar-refractivity contribution in [1.29, 1.82) is 0 Å². The lowest BCUT2D eigenvalue weighted by Crippen LogP contribution is -2.25. The summed E-state index contributed by atoms with van der Waals surface area (Å²) in [5, 5.41) is 0. The number of aryl methyl sites for hydroxylation is 3. The molecule has 0 atom stereocenters. The first-order chi connectivity index (χ1) is 12.6. The van der Waals surface area contributed by atoms with E-state index >= 15 is 0 Å². The quantitative estimate of drug-likeness (QED) is 0.763. The van der Waals surface area contributed by atoms with E-state index < -0.39 is 0 Å². The highest BCUT2D eigenvalue weighted by Gasteiger charge is 2.24. The molecule has 1 aromatic carbocycles. The summed E-state index contributed by atoms with van der Waals surface area (Å²) in [5.74, 6) is 1.99. The van der Waals surface area contributed by atoms with Crippen LogP contribution in [-0.4, -0.2) is 27.4 Å². The van der Waals surface area contributed by atoms with Crippen LogP contribution in [0.2, 0.25) is 0 Å². The number of aromatic nitrogens is 2. The number of amides is 1. The third-order valence-electron chi connectivity index (χ3n) is 4.77. The van der Waals surface area contributed by atoms with Crippen LogP contribution >= 0.6 is 0 Å². The van der Waals surface area contributed by atoms with Gasteiger partial charge < -0.3 is 9.64 Å². The molecule has 5 nitrogen and oxygen atoms in total. The summed E-state index contributed by atoms with van der Waals surface area (Å²) >= 11 is 0.